The van der Waals surface area contributed by atoms with Gasteiger partial charge < -0.3 is 9.47 Å². The van der Waals surface area contributed by atoms with Crippen LogP contribution in [0.1, 0.15) is 25.3 Å². The predicted octanol–water partition coefficient (Wildman–Crippen LogP) is 3.74. The summed E-state index contributed by atoms with van der Waals surface area (Å²) >= 11 is 0. The summed E-state index contributed by atoms with van der Waals surface area (Å²) in [5.74, 6) is 0.705. The largest absolute Gasteiger partial charge is 0.497 e. The normalized spacial score (nSPS) is 16.3. The van der Waals surface area contributed by atoms with E-state index in [2.05, 4.69) is 10.1 Å². The highest BCUT2D eigenvalue weighted by Gasteiger charge is 2.21. The highest BCUT2D eigenvalue weighted by Crippen LogP contribution is 2.25. The Morgan fingerprint density at radius 2 is 1.97 bits per heavy atom. The van der Waals surface area contributed by atoms with Crippen LogP contribution in [-0.4, -0.2) is 46.8 Å². The molecule has 3 aromatic rings. The van der Waals surface area contributed by atoms with E-state index < -0.39 is 4.92 Å². The van der Waals surface area contributed by atoms with Gasteiger partial charge in [-0.05, 0) is 56.2 Å². The van der Waals surface area contributed by atoms with E-state index in [9.17, 15) is 14.9 Å². The van der Waals surface area contributed by atoms with Gasteiger partial charge >= 0.3 is 0 Å². The average Bonchev–Trinajstić information content (AvgIpc) is 3.45. The number of rotatable bonds is 7. The topological polar surface area (TPSA) is 112 Å². The second-order valence-electron chi connectivity index (χ2n) is 7.57. The molecule has 0 spiro atoms. The van der Waals surface area contributed by atoms with Crippen molar-refractivity contribution in [1.82, 2.24) is 9.78 Å². The summed E-state index contributed by atoms with van der Waals surface area (Å²) in [7, 11) is 1.59. The number of aromatic amines is 1. The van der Waals surface area contributed by atoms with Gasteiger partial charge in [0, 0.05) is 30.0 Å². The van der Waals surface area contributed by atoms with Gasteiger partial charge in [-0.25, -0.2) is 4.68 Å². The van der Waals surface area contributed by atoms with Gasteiger partial charge in [0.25, 0.3) is 11.2 Å². The zero-order chi connectivity index (χ0) is 22.7. The smallest absolute Gasteiger partial charge is 0.280 e. The van der Waals surface area contributed by atoms with Crippen LogP contribution in [0.5, 0.6) is 5.75 Å². The quantitative estimate of drug-likeness (QED) is 0.344. The minimum Gasteiger partial charge on any atom is -0.497 e. The molecule has 0 unspecified atom stereocenters. The fraction of sp³-hybridized carbons (Fsp3) is 0.304. The van der Waals surface area contributed by atoms with Crippen LogP contribution in [0.3, 0.4) is 0 Å². The number of H-pyrrole nitrogens is 1. The van der Waals surface area contributed by atoms with Crippen LogP contribution in [0.2, 0.25) is 0 Å². The third kappa shape index (κ3) is 4.33. The van der Waals surface area contributed by atoms with E-state index in [0.29, 0.717) is 35.0 Å². The summed E-state index contributed by atoms with van der Waals surface area (Å²) in [4.78, 5) is 28.5. The lowest BCUT2D eigenvalue weighted by molar-refractivity contribution is -0.384. The van der Waals surface area contributed by atoms with Crippen molar-refractivity contribution < 1.29 is 14.4 Å². The molecule has 1 aliphatic heterocycles. The first kappa shape index (κ1) is 21.5. The maximum absolute atomic E-state index is 13.4. The highest BCUT2D eigenvalue weighted by molar-refractivity contribution is 6.03. The number of non-ortho nitro benzene ring substituents is 1. The molecule has 2 aromatic carbocycles. The molecule has 1 N–H and O–H groups in total. The van der Waals surface area contributed by atoms with E-state index in [-0.39, 0.29) is 17.4 Å². The molecule has 32 heavy (non-hydrogen) atoms. The SMILES string of the molecule is COc1ccc(-c2[nH]n(-c3ccc([N+](=O)[O-])cc3)c(=O)c2C(C)=NC[C@H]2CCCO2)cc1. The molecule has 0 bridgehead atoms. The van der Waals surface area contributed by atoms with Crippen molar-refractivity contribution in [3.05, 3.63) is 74.6 Å². The van der Waals surface area contributed by atoms with Crippen molar-refractivity contribution in [2.75, 3.05) is 20.3 Å². The fourth-order valence-corrected chi connectivity index (χ4v) is 3.75. The molecule has 1 fully saturated rings. The third-order valence-electron chi connectivity index (χ3n) is 5.51. The Balaban J connectivity index is 1.78. The highest BCUT2D eigenvalue weighted by atomic mass is 16.6. The second kappa shape index (κ2) is 9.19. The molecular formula is C23H24N4O5. The van der Waals surface area contributed by atoms with Crippen LogP contribution in [-0.2, 0) is 4.74 Å². The number of ether oxygens (including phenoxy) is 2. The molecule has 0 amide bonds. The van der Waals surface area contributed by atoms with Gasteiger partial charge in [0.05, 0.1) is 41.6 Å². The number of methoxy groups -OCH3 is 1. The minimum atomic E-state index is -0.475. The first-order valence-electron chi connectivity index (χ1n) is 10.3. The molecule has 1 aromatic heterocycles. The molecule has 0 saturated carbocycles. The van der Waals surface area contributed by atoms with E-state index >= 15 is 0 Å². The number of nitrogens with zero attached hydrogens (tertiary/aromatic N) is 3. The first-order chi connectivity index (χ1) is 15.5. The summed E-state index contributed by atoms with van der Waals surface area (Å²) in [5, 5.41) is 14.1. The molecule has 4 rings (SSSR count). The number of nitrogens with one attached hydrogen (secondary N) is 1. The summed E-state index contributed by atoms with van der Waals surface area (Å²) in [6.07, 6.45) is 2.06. The maximum Gasteiger partial charge on any atom is 0.280 e. The van der Waals surface area contributed by atoms with E-state index in [1.54, 1.807) is 7.11 Å². The molecule has 9 nitrogen and oxygen atoms in total. The van der Waals surface area contributed by atoms with E-state index in [1.807, 2.05) is 31.2 Å². The molecule has 9 heteroatoms. The second-order valence-corrected chi connectivity index (χ2v) is 7.57. The average molecular weight is 436 g/mol. The predicted molar refractivity (Wildman–Crippen MR) is 121 cm³/mol. The molecule has 0 aliphatic carbocycles. The summed E-state index contributed by atoms with van der Waals surface area (Å²) in [6.45, 7) is 3.05. The minimum absolute atomic E-state index is 0.0433. The van der Waals surface area contributed by atoms with Crippen LogP contribution in [0.15, 0.2) is 58.3 Å². The van der Waals surface area contributed by atoms with Crippen LogP contribution < -0.4 is 10.3 Å². The van der Waals surface area contributed by atoms with E-state index in [0.717, 1.165) is 25.0 Å². The van der Waals surface area contributed by atoms with E-state index in [4.69, 9.17) is 9.47 Å². The monoisotopic (exact) mass is 436 g/mol. The van der Waals surface area contributed by atoms with Crippen LogP contribution >= 0.6 is 0 Å². The molecular weight excluding hydrogens is 412 g/mol. The van der Waals surface area contributed by atoms with Gasteiger partial charge in [-0.3, -0.25) is 25.0 Å². The van der Waals surface area contributed by atoms with Gasteiger partial charge in [0.2, 0.25) is 0 Å². The Morgan fingerprint density at radius 3 is 2.56 bits per heavy atom. The molecule has 1 saturated heterocycles. The molecule has 1 aliphatic rings. The Morgan fingerprint density at radius 1 is 1.25 bits per heavy atom. The molecule has 0 radical (unpaired) electrons. The third-order valence-corrected chi connectivity index (χ3v) is 5.51. The Kier molecular flexibility index (Phi) is 6.18. The lowest BCUT2D eigenvalue weighted by Crippen LogP contribution is -2.20. The number of hydrogen-bond donors (Lipinski definition) is 1. The van der Waals surface area contributed by atoms with Crippen molar-refractivity contribution in [1.29, 1.82) is 0 Å². The van der Waals surface area contributed by atoms with Crippen molar-refractivity contribution in [3.8, 4) is 22.7 Å². The number of nitro groups is 1. The summed E-state index contributed by atoms with van der Waals surface area (Å²) < 4.78 is 12.3. The molecule has 1 atom stereocenters. The van der Waals surface area contributed by atoms with Crippen molar-refractivity contribution >= 4 is 11.4 Å². The lowest BCUT2D eigenvalue weighted by Gasteiger charge is -2.07. The number of benzene rings is 2. The Labute approximate surface area is 184 Å². The lowest BCUT2D eigenvalue weighted by atomic mass is 10.0. The van der Waals surface area contributed by atoms with Crippen molar-refractivity contribution in [2.24, 2.45) is 4.99 Å². The van der Waals surface area contributed by atoms with Crippen LogP contribution in [0.4, 0.5) is 5.69 Å². The van der Waals surface area contributed by atoms with Gasteiger partial charge in [0.1, 0.15) is 5.75 Å². The first-order valence-corrected chi connectivity index (χ1v) is 10.3. The van der Waals surface area contributed by atoms with Gasteiger partial charge in [-0.1, -0.05) is 0 Å². The van der Waals surface area contributed by atoms with Gasteiger partial charge in [-0.2, -0.15) is 0 Å². The zero-order valence-electron chi connectivity index (χ0n) is 17.9. The van der Waals surface area contributed by atoms with Crippen molar-refractivity contribution in [3.63, 3.8) is 0 Å². The van der Waals surface area contributed by atoms with Crippen molar-refractivity contribution in [2.45, 2.75) is 25.9 Å². The maximum atomic E-state index is 13.4. The van der Waals surface area contributed by atoms with Gasteiger partial charge in [0.15, 0.2) is 0 Å². The number of aliphatic imine (C=N–C) groups is 1. The number of aromatic nitrogens is 2. The van der Waals surface area contributed by atoms with Crippen LogP contribution in [0.25, 0.3) is 16.9 Å². The summed E-state index contributed by atoms with van der Waals surface area (Å²) in [6, 6.07) is 13.2. The standard InChI is InChI=1S/C23H24N4O5/c1-15(24-14-20-4-3-13-32-20)21-22(16-5-11-19(31-2)12-6-16)25-26(23(21)28)17-7-9-18(10-8-17)27(29)30/h5-12,20,25H,3-4,13-14H2,1-2H3/t20-/m1/s1. The van der Waals surface area contributed by atoms with E-state index in [1.165, 1.54) is 28.9 Å². The molecule has 166 valence electrons. The Hall–Kier alpha value is -3.72. The summed E-state index contributed by atoms with van der Waals surface area (Å²) in [5.41, 5.74) is 2.64. The number of hydrogen-bond acceptors (Lipinski definition) is 6. The van der Waals surface area contributed by atoms with Crippen LogP contribution in [0, 0.1) is 10.1 Å². The fourth-order valence-electron chi connectivity index (χ4n) is 3.75. The Bertz CT molecular complexity index is 1190. The zero-order valence-corrected chi connectivity index (χ0v) is 17.9. The number of nitro benzene ring substituents is 1. The molecule has 2 heterocycles. The van der Waals surface area contributed by atoms with Gasteiger partial charge in [-0.15, -0.1) is 0 Å².